The molecule has 1 fully saturated rings. The van der Waals surface area contributed by atoms with Crippen molar-refractivity contribution in [2.24, 2.45) is 17.4 Å². The molecule has 2 amide bonds. The number of aromatic amines is 1. The summed E-state index contributed by atoms with van der Waals surface area (Å²) >= 11 is 0. The van der Waals surface area contributed by atoms with Gasteiger partial charge < -0.3 is 21.6 Å². The van der Waals surface area contributed by atoms with Crippen molar-refractivity contribution in [2.45, 2.75) is 88.8 Å². The van der Waals surface area contributed by atoms with Crippen LogP contribution in [-0.4, -0.2) is 62.3 Å². The van der Waals surface area contributed by atoms with Gasteiger partial charge in [0.1, 0.15) is 0 Å². The van der Waals surface area contributed by atoms with Crippen LogP contribution in [0.4, 0.5) is 0 Å². The largest absolute Gasteiger partial charge is 0.393 e. The van der Waals surface area contributed by atoms with Gasteiger partial charge in [0.25, 0.3) is 5.91 Å². The number of nitrogens with zero attached hydrogens (tertiary/aromatic N) is 2. The van der Waals surface area contributed by atoms with Crippen LogP contribution in [-0.2, 0) is 20.8 Å². The molecule has 1 saturated carbocycles. The Kier molecular flexibility index (Phi) is 9.33. The van der Waals surface area contributed by atoms with E-state index in [1.54, 1.807) is 13.1 Å². The summed E-state index contributed by atoms with van der Waals surface area (Å²) in [5, 5.41) is 10.3. The minimum atomic E-state index is -1.91. The number of aromatic nitrogens is 2. The number of imide groups is 1. The van der Waals surface area contributed by atoms with E-state index in [-0.39, 0.29) is 19.3 Å². The number of hydrogen-bond donors (Lipinski definition) is 4. The summed E-state index contributed by atoms with van der Waals surface area (Å²) in [6.45, 7) is 1.61. The molecule has 6 N–H and O–H groups in total. The number of amides is 2. The van der Waals surface area contributed by atoms with Crippen molar-refractivity contribution in [3.63, 3.8) is 0 Å². The molecule has 31 heavy (non-hydrogen) atoms. The third-order valence-electron chi connectivity index (χ3n) is 6.43. The number of carbonyl (C=O) groups excluding carboxylic acids is 3. The average molecular weight is 436 g/mol. The Morgan fingerprint density at radius 2 is 2.00 bits per heavy atom. The Morgan fingerprint density at radius 1 is 1.32 bits per heavy atom. The van der Waals surface area contributed by atoms with Crippen LogP contribution in [0.15, 0.2) is 12.5 Å². The lowest BCUT2D eigenvalue weighted by Crippen LogP contribution is -2.64. The molecule has 9 nitrogen and oxygen atoms in total. The van der Waals surface area contributed by atoms with Crippen LogP contribution >= 0.6 is 0 Å². The van der Waals surface area contributed by atoms with Crippen molar-refractivity contribution in [1.82, 2.24) is 14.9 Å². The zero-order chi connectivity index (χ0) is 23.0. The molecule has 3 unspecified atom stereocenters. The number of carbonyl (C=O) groups is 3. The quantitative estimate of drug-likeness (QED) is 0.379. The molecule has 0 aromatic carbocycles. The highest BCUT2D eigenvalue weighted by molar-refractivity contribution is 6.15. The van der Waals surface area contributed by atoms with Crippen LogP contribution in [0.25, 0.3) is 0 Å². The Labute approximate surface area is 184 Å². The first-order chi connectivity index (χ1) is 14.7. The van der Waals surface area contributed by atoms with E-state index in [4.69, 9.17) is 11.5 Å². The van der Waals surface area contributed by atoms with Gasteiger partial charge in [-0.05, 0) is 25.2 Å². The van der Waals surface area contributed by atoms with Crippen LogP contribution in [0.3, 0.4) is 0 Å². The molecule has 1 aromatic heterocycles. The van der Waals surface area contributed by atoms with Crippen LogP contribution in [0.1, 0.15) is 70.4 Å². The lowest BCUT2D eigenvalue weighted by Gasteiger charge is -2.31. The van der Waals surface area contributed by atoms with Gasteiger partial charge in [-0.25, -0.2) is 4.98 Å². The zero-order valence-electron chi connectivity index (χ0n) is 18.7. The van der Waals surface area contributed by atoms with E-state index in [2.05, 4.69) is 9.97 Å². The number of aliphatic hydroxyl groups excluding tert-OH is 1. The molecular formula is C22H37N5O4. The van der Waals surface area contributed by atoms with E-state index in [9.17, 15) is 19.5 Å². The van der Waals surface area contributed by atoms with E-state index in [0.717, 1.165) is 11.3 Å². The molecular weight excluding hydrogens is 398 g/mol. The van der Waals surface area contributed by atoms with Gasteiger partial charge in [0, 0.05) is 25.4 Å². The summed E-state index contributed by atoms with van der Waals surface area (Å²) in [4.78, 5) is 46.1. The Bertz CT molecular complexity index is 732. The summed E-state index contributed by atoms with van der Waals surface area (Å²) in [7, 11) is 1.30. The van der Waals surface area contributed by atoms with Crippen molar-refractivity contribution in [1.29, 1.82) is 0 Å². The second kappa shape index (κ2) is 11.5. The number of aliphatic hydroxyl groups is 1. The molecule has 9 heteroatoms. The lowest BCUT2D eigenvalue weighted by atomic mass is 9.84. The number of H-pyrrole nitrogens is 1. The van der Waals surface area contributed by atoms with E-state index in [1.165, 1.54) is 45.5 Å². The molecule has 0 aliphatic heterocycles. The predicted octanol–water partition coefficient (Wildman–Crippen LogP) is 1.05. The van der Waals surface area contributed by atoms with Crippen molar-refractivity contribution in [3.8, 4) is 0 Å². The molecule has 1 aromatic rings. The molecule has 0 saturated heterocycles. The van der Waals surface area contributed by atoms with Crippen molar-refractivity contribution in [2.75, 3.05) is 7.05 Å². The van der Waals surface area contributed by atoms with Gasteiger partial charge in [0.15, 0.2) is 11.3 Å². The zero-order valence-corrected chi connectivity index (χ0v) is 18.7. The second-order valence-electron chi connectivity index (χ2n) is 8.77. The monoisotopic (exact) mass is 435 g/mol. The molecule has 3 atom stereocenters. The number of likely N-dealkylation sites (N-methyl/N-ethyl adjacent to an activating group) is 1. The van der Waals surface area contributed by atoms with E-state index in [0.29, 0.717) is 18.0 Å². The van der Waals surface area contributed by atoms with Crippen LogP contribution in [0, 0.1) is 5.92 Å². The fraction of sp³-hybridized carbons (Fsp3) is 0.727. The van der Waals surface area contributed by atoms with Gasteiger partial charge in [0.2, 0.25) is 5.91 Å². The summed E-state index contributed by atoms with van der Waals surface area (Å²) in [5.74, 6) is -1.39. The molecule has 0 radical (unpaired) electrons. The summed E-state index contributed by atoms with van der Waals surface area (Å²) in [6, 6.07) is -1.01. The molecule has 174 valence electrons. The minimum absolute atomic E-state index is 0.00317. The first-order valence-electron chi connectivity index (χ1n) is 11.2. The number of imidazole rings is 1. The fourth-order valence-corrected chi connectivity index (χ4v) is 4.24. The van der Waals surface area contributed by atoms with E-state index >= 15 is 0 Å². The minimum Gasteiger partial charge on any atom is -0.393 e. The highest BCUT2D eigenvalue weighted by Gasteiger charge is 2.45. The Balaban J connectivity index is 1.92. The smallest absolute Gasteiger partial charge is 0.256 e. The average Bonchev–Trinajstić information content (AvgIpc) is 3.29. The molecule has 1 aliphatic rings. The number of ketones is 1. The topological polar surface area (TPSA) is 155 Å². The highest BCUT2D eigenvalue weighted by atomic mass is 16.3. The van der Waals surface area contributed by atoms with E-state index in [1.807, 2.05) is 0 Å². The van der Waals surface area contributed by atoms with Gasteiger partial charge >= 0.3 is 0 Å². The van der Waals surface area contributed by atoms with Gasteiger partial charge in [-0.3, -0.25) is 19.3 Å². The molecule has 1 heterocycles. The first kappa shape index (κ1) is 25.2. The lowest BCUT2D eigenvalue weighted by molar-refractivity contribution is -0.150. The second-order valence-corrected chi connectivity index (χ2v) is 8.77. The molecule has 0 spiro atoms. The van der Waals surface area contributed by atoms with Crippen molar-refractivity contribution >= 4 is 17.6 Å². The number of rotatable bonds is 11. The molecule has 2 rings (SSSR count). The number of nitrogens with one attached hydrogen (secondary N) is 1. The maximum absolute atomic E-state index is 13.0. The van der Waals surface area contributed by atoms with Gasteiger partial charge in [0.05, 0.1) is 24.9 Å². The van der Waals surface area contributed by atoms with Crippen LogP contribution < -0.4 is 11.5 Å². The maximum atomic E-state index is 13.0. The number of hydrogen-bond acceptors (Lipinski definition) is 7. The van der Waals surface area contributed by atoms with Gasteiger partial charge in [-0.2, -0.15) is 0 Å². The third kappa shape index (κ3) is 6.69. The Morgan fingerprint density at radius 3 is 2.58 bits per heavy atom. The highest BCUT2D eigenvalue weighted by Crippen LogP contribution is 2.28. The summed E-state index contributed by atoms with van der Waals surface area (Å²) in [5.41, 5.74) is 10.9. The van der Waals surface area contributed by atoms with Gasteiger partial charge in [-0.1, -0.05) is 39.0 Å². The molecule has 0 bridgehead atoms. The normalized spacial score (nSPS) is 18.7. The Hall–Kier alpha value is -2.10. The van der Waals surface area contributed by atoms with E-state index < -0.39 is 35.3 Å². The number of Topliss-reactive ketones (excluding diaryl/α,β-unsaturated/α-hetero) is 1. The summed E-state index contributed by atoms with van der Waals surface area (Å²) < 4.78 is 0. The van der Waals surface area contributed by atoms with Gasteiger partial charge in [-0.15, -0.1) is 0 Å². The number of nitrogens with two attached hydrogens (primary N) is 2. The predicted molar refractivity (Wildman–Crippen MR) is 117 cm³/mol. The fourth-order valence-electron chi connectivity index (χ4n) is 4.24. The third-order valence-corrected chi connectivity index (χ3v) is 6.43. The SMILES string of the molecule is CCC(N)(C(=O)C(N)Cc1cnc[nH]1)C(=O)N(C)C(=O)CC(O)CCC1CCCCC1. The summed E-state index contributed by atoms with van der Waals surface area (Å²) in [6.07, 6.45) is 9.64. The van der Waals surface area contributed by atoms with Crippen molar-refractivity contribution in [3.05, 3.63) is 18.2 Å². The van der Waals surface area contributed by atoms with Crippen molar-refractivity contribution < 1.29 is 19.5 Å². The van der Waals surface area contributed by atoms with Crippen LogP contribution in [0.2, 0.25) is 0 Å². The first-order valence-corrected chi connectivity index (χ1v) is 11.2. The van der Waals surface area contributed by atoms with Crippen LogP contribution in [0.5, 0.6) is 0 Å². The maximum Gasteiger partial charge on any atom is 0.256 e. The standard InChI is InChI=1S/C22H37N5O4/c1-3-22(24,20(30)18(23)11-16-13-25-14-26-16)21(31)27(2)19(29)12-17(28)10-9-15-7-5-4-6-8-15/h13-15,17-18,28H,3-12,23-24H2,1-2H3,(H,25,26). The molecule has 1 aliphatic carbocycles.